The van der Waals surface area contributed by atoms with Crippen LogP contribution < -0.4 is 10.2 Å². The number of aryl methyl sites for hydroxylation is 2. The van der Waals surface area contributed by atoms with Crippen LogP contribution in [0, 0.1) is 13.8 Å². The summed E-state index contributed by atoms with van der Waals surface area (Å²) in [4.78, 5) is 37.0. The average molecular weight is 397 g/mol. The lowest BCUT2D eigenvalue weighted by atomic mass is 10.1. The third kappa shape index (κ3) is 5.43. The van der Waals surface area contributed by atoms with Gasteiger partial charge in [0.25, 0.3) is 5.91 Å². The first-order chi connectivity index (χ1) is 14.0. The smallest absolute Gasteiger partial charge is 0.409 e. The molecule has 1 aromatic heterocycles. The maximum atomic E-state index is 12.6. The molecule has 1 N–H and O–H groups in total. The highest BCUT2D eigenvalue weighted by Crippen LogP contribution is 2.14. The molecule has 0 bridgehead atoms. The number of anilines is 1. The molecule has 0 atom stereocenters. The minimum Gasteiger partial charge on any atom is -0.450 e. The first kappa shape index (κ1) is 20.6. The van der Waals surface area contributed by atoms with Crippen molar-refractivity contribution in [1.82, 2.24) is 20.2 Å². The molecule has 0 saturated carbocycles. The molecule has 1 saturated heterocycles. The largest absolute Gasteiger partial charge is 0.450 e. The standard InChI is InChI=1S/C21H27N5O3/c1-4-29-21(28)26-11-9-25(10-12-26)20-23-16(3)13-18(24-20)19(27)22-14-17-7-5-15(2)6-8-17/h5-8,13H,4,9-12,14H2,1-3H3,(H,22,27). The van der Waals surface area contributed by atoms with Gasteiger partial charge in [-0.2, -0.15) is 0 Å². The lowest BCUT2D eigenvalue weighted by molar-refractivity contribution is 0.0945. The number of ether oxygens (including phenoxy) is 1. The summed E-state index contributed by atoms with van der Waals surface area (Å²) in [6.45, 7) is 8.71. The van der Waals surface area contributed by atoms with Gasteiger partial charge in [0.2, 0.25) is 5.95 Å². The summed E-state index contributed by atoms with van der Waals surface area (Å²) in [7, 11) is 0. The van der Waals surface area contributed by atoms with Gasteiger partial charge in [0.15, 0.2) is 0 Å². The number of nitrogens with one attached hydrogen (secondary N) is 1. The van der Waals surface area contributed by atoms with E-state index in [9.17, 15) is 9.59 Å². The van der Waals surface area contributed by atoms with E-state index in [-0.39, 0.29) is 12.0 Å². The van der Waals surface area contributed by atoms with Crippen LogP contribution in [-0.4, -0.2) is 59.7 Å². The van der Waals surface area contributed by atoms with Crippen LogP contribution in [0.4, 0.5) is 10.7 Å². The van der Waals surface area contributed by atoms with E-state index in [1.165, 1.54) is 5.56 Å². The minimum atomic E-state index is -0.298. The molecule has 1 fully saturated rings. The maximum Gasteiger partial charge on any atom is 0.409 e. The highest BCUT2D eigenvalue weighted by Gasteiger charge is 2.24. The zero-order valence-electron chi connectivity index (χ0n) is 17.1. The fourth-order valence-corrected chi connectivity index (χ4v) is 3.09. The molecular weight excluding hydrogens is 370 g/mol. The molecule has 1 aliphatic rings. The van der Waals surface area contributed by atoms with Crippen LogP contribution in [0.1, 0.15) is 34.2 Å². The third-order valence-electron chi connectivity index (χ3n) is 4.74. The average Bonchev–Trinajstić information content (AvgIpc) is 2.73. The number of carbonyl (C=O) groups excluding carboxylic acids is 2. The van der Waals surface area contributed by atoms with Crippen LogP contribution in [0.2, 0.25) is 0 Å². The molecule has 0 unspecified atom stereocenters. The Morgan fingerprint density at radius 2 is 1.76 bits per heavy atom. The fraction of sp³-hybridized carbons (Fsp3) is 0.429. The van der Waals surface area contributed by atoms with Crippen molar-refractivity contribution in [2.75, 3.05) is 37.7 Å². The Morgan fingerprint density at radius 1 is 1.07 bits per heavy atom. The van der Waals surface area contributed by atoms with Gasteiger partial charge in [-0.25, -0.2) is 14.8 Å². The van der Waals surface area contributed by atoms with E-state index in [0.717, 1.165) is 11.3 Å². The van der Waals surface area contributed by atoms with E-state index in [2.05, 4.69) is 15.3 Å². The predicted octanol–water partition coefficient (Wildman–Crippen LogP) is 2.30. The Morgan fingerprint density at radius 3 is 2.41 bits per heavy atom. The van der Waals surface area contributed by atoms with E-state index >= 15 is 0 Å². The molecule has 2 amide bonds. The Hall–Kier alpha value is -3.16. The van der Waals surface area contributed by atoms with Gasteiger partial charge < -0.3 is 19.9 Å². The van der Waals surface area contributed by atoms with E-state index in [0.29, 0.717) is 51.0 Å². The number of nitrogens with zero attached hydrogens (tertiary/aromatic N) is 4. The van der Waals surface area contributed by atoms with E-state index in [4.69, 9.17) is 4.74 Å². The molecule has 2 heterocycles. The van der Waals surface area contributed by atoms with Crippen molar-refractivity contribution in [3.8, 4) is 0 Å². The molecule has 2 aromatic rings. The molecule has 154 valence electrons. The molecule has 3 rings (SSSR count). The molecule has 0 radical (unpaired) electrons. The van der Waals surface area contributed by atoms with Gasteiger partial charge in [-0.15, -0.1) is 0 Å². The second-order valence-electron chi connectivity index (χ2n) is 7.04. The van der Waals surface area contributed by atoms with Crippen molar-refractivity contribution in [3.05, 3.63) is 52.8 Å². The van der Waals surface area contributed by atoms with Gasteiger partial charge in [-0.05, 0) is 32.4 Å². The van der Waals surface area contributed by atoms with Crippen molar-refractivity contribution in [2.24, 2.45) is 0 Å². The van der Waals surface area contributed by atoms with Gasteiger partial charge >= 0.3 is 6.09 Å². The second kappa shape index (κ2) is 9.36. The van der Waals surface area contributed by atoms with Gasteiger partial charge in [-0.1, -0.05) is 29.8 Å². The lowest BCUT2D eigenvalue weighted by Gasteiger charge is -2.34. The molecule has 29 heavy (non-hydrogen) atoms. The van der Waals surface area contributed by atoms with Crippen molar-refractivity contribution >= 4 is 17.9 Å². The maximum absolute atomic E-state index is 12.6. The number of piperazine rings is 1. The summed E-state index contributed by atoms with van der Waals surface area (Å²) >= 11 is 0. The van der Waals surface area contributed by atoms with Crippen LogP contribution in [0.3, 0.4) is 0 Å². The van der Waals surface area contributed by atoms with Gasteiger partial charge in [0.05, 0.1) is 6.61 Å². The molecular formula is C21H27N5O3. The third-order valence-corrected chi connectivity index (χ3v) is 4.74. The summed E-state index contributed by atoms with van der Waals surface area (Å²) in [6, 6.07) is 9.71. The summed E-state index contributed by atoms with van der Waals surface area (Å²) in [6.07, 6.45) is -0.298. The van der Waals surface area contributed by atoms with Crippen molar-refractivity contribution in [1.29, 1.82) is 0 Å². The van der Waals surface area contributed by atoms with Crippen molar-refractivity contribution < 1.29 is 14.3 Å². The topological polar surface area (TPSA) is 87.7 Å². The van der Waals surface area contributed by atoms with E-state index < -0.39 is 0 Å². The Bertz CT molecular complexity index is 861. The van der Waals surface area contributed by atoms with Crippen LogP contribution in [0.15, 0.2) is 30.3 Å². The van der Waals surface area contributed by atoms with E-state index in [1.54, 1.807) is 17.9 Å². The summed E-state index contributed by atoms with van der Waals surface area (Å²) in [5.41, 5.74) is 3.28. The summed E-state index contributed by atoms with van der Waals surface area (Å²) in [5.74, 6) is 0.275. The Kier molecular flexibility index (Phi) is 6.64. The predicted molar refractivity (Wildman–Crippen MR) is 110 cm³/mol. The Balaban J connectivity index is 1.63. The first-order valence-electron chi connectivity index (χ1n) is 9.82. The van der Waals surface area contributed by atoms with Crippen LogP contribution in [0.5, 0.6) is 0 Å². The second-order valence-corrected chi connectivity index (χ2v) is 7.04. The quantitative estimate of drug-likeness (QED) is 0.833. The highest BCUT2D eigenvalue weighted by molar-refractivity contribution is 5.92. The van der Waals surface area contributed by atoms with E-state index in [1.807, 2.05) is 43.0 Å². The van der Waals surface area contributed by atoms with Crippen LogP contribution in [0.25, 0.3) is 0 Å². The number of aromatic nitrogens is 2. The molecule has 1 aliphatic heterocycles. The monoisotopic (exact) mass is 397 g/mol. The number of rotatable bonds is 5. The fourth-order valence-electron chi connectivity index (χ4n) is 3.09. The normalized spacial score (nSPS) is 13.9. The van der Waals surface area contributed by atoms with Crippen molar-refractivity contribution in [3.63, 3.8) is 0 Å². The summed E-state index contributed by atoms with van der Waals surface area (Å²) < 4.78 is 5.05. The number of amides is 2. The number of carbonyl (C=O) groups is 2. The molecule has 0 spiro atoms. The SMILES string of the molecule is CCOC(=O)N1CCN(c2nc(C)cc(C(=O)NCc3ccc(C)cc3)n2)CC1. The first-order valence-corrected chi connectivity index (χ1v) is 9.82. The number of benzene rings is 1. The number of hydrogen-bond donors (Lipinski definition) is 1. The minimum absolute atomic E-state index is 0.234. The molecule has 1 aromatic carbocycles. The van der Waals surface area contributed by atoms with Crippen LogP contribution in [-0.2, 0) is 11.3 Å². The Labute approximate surface area is 170 Å². The van der Waals surface area contributed by atoms with Crippen LogP contribution >= 0.6 is 0 Å². The zero-order valence-corrected chi connectivity index (χ0v) is 17.1. The van der Waals surface area contributed by atoms with Crippen molar-refractivity contribution in [2.45, 2.75) is 27.3 Å². The molecule has 0 aliphatic carbocycles. The lowest BCUT2D eigenvalue weighted by Crippen LogP contribution is -2.49. The molecule has 8 heteroatoms. The van der Waals surface area contributed by atoms with Gasteiger partial charge in [0.1, 0.15) is 5.69 Å². The summed E-state index contributed by atoms with van der Waals surface area (Å²) in [5, 5.41) is 2.91. The molecule has 8 nitrogen and oxygen atoms in total. The zero-order chi connectivity index (χ0) is 20.8. The highest BCUT2D eigenvalue weighted by atomic mass is 16.6. The number of hydrogen-bond acceptors (Lipinski definition) is 6. The van der Waals surface area contributed by atoms with Gasteiger partial charge in [-0.3, -0.25) is 4.79 Å². The van der Waals surface area contributed by atoms with Gasteiger partial charge in [0, 0.05) is 38.4 Å².